The van der Waals surface area contributed by atoms with Gasteiger partial charge in [0.2, 0.25) is 11.7 Å². The average Bonchev–Trinajstić information content (AvgIpc) is 3.23. The van der Waals surface area contributed by atoms with Crippen LogP contribution < -0.4 is 11.1 Å². The number of nitrogen functional groups attached to an aromatic ring is 1. The summed E-state index contributed by atoms with van der Waals surface area (Å²) in [6, 6.07) is 13.0. The number of carbonyl (C=O) groups excluding carboxylic acids is 2. The minimum Gasteiger partial charge on any atom is -0.397 e. The van der Waals surface area contributed by atoms with Crippen LogP contribution in [0.3, 0.4) is 0 Å². The van der Waals surface area contributed by atoms with E-state index in [0.717, 1.165) is 10.4 Å². The molecule has 1 amide bonds. The van der Waals surface area contributed by atoms with Gasteiger partial charge in [0.25, 0.3) is 0 Å². The summed E-state index contributed by atoms with van der Waals surface area (Å²) in [6.45, 7) is 0. The average molecular weight is 354 g/mol. The summed E-state index contributed by atoms with van der Waals surface area (Å²) in [4.78, 5) is 26.4. The van der Waals surface area contributed by atoms with Crippen LogP contribution in [0.2, 0.25) is 0 Å². The number of nitrogens with one attached hydrogen (secondary N) is 1. The van der Waals surface area contributed by atoms with Gasteiger partial charge in [0.05, 0.1) is 5.69 Å². The molecule has 6 heteroatoms. The Kier molecular flexibility index (Phi) is 3.70. The second kappa shape index (κ2) is 5.89. The third-order valence-electron chi connectivity index (χ3n) is 4.10. The molecule has 4 nitrogen and oxygen atoms in total. The molecule has 2 aromatic heterocycles. The molecule has 1 aliphatic rings. The van der Waals surface area contributed by atoms with Crippen LogP contribution in [0, 0.1) is 0 Å². The van der Waals surface area contributed by atoms with Crippen LogP contribution in [-0.4, -0.2) is 11.7 Å². The van der Waals surface area contributed by atoms with Crippen molar-refractivity contribution in [3.63, 3.8) is 0 Å². The molecule has 0 aliphatic carbocycles. The lowest BCUT2D eigenvalue weighted by atomic mass is 9.91. The van der Waals surface area contributed by atoms with Gasteiger partial charge in [0.15, 0.2) is 0 Å². The molecule has 1 aromatic carbocycles. The van der Waals surface area contributed by atoms with Crippen molar-refractivity contribution in [2.45, 2.75) is 12.3 Å². The predicted octanol–water partition coefficient (Wildman–Crippen LogP) is 4.10. The molecule has 120 valence electrons. The molecule has 3 heterocycles. The Balaban J connectivity index is 1.82. The number of thiophene rings is 2. The van der Waals surface area contributed by atoms with E-state index in [1.54, 1.807) is 23.5 Å². The predicted molar refractivity (Wildman–Crippen MR) is 98.0 cm³/mol. The lowest BCUT2D eigenvalue weighted by molar-refractivity contribution is -0.116. The summed E-state index contributed by atoms with van der Waals surface area (Å²) in [5, 5.41) is 5.55. The zero-order valence-electron chi connectivity index (χ0n) is 12.6. The molecule has 3 N–H and O–H groups in total. The normalized spacial score (nSPS) is 16.5. The maximum absolute atomic E-state index is 12.8. The highest BCUT2D eigenvalue weighted by molar-refractivity contribution is 7.19. The van der Waals surface area contributed by atoms with Crippen LogP contribution in [0.4, 0.5) is 10.7 Å². The van der Waals surface area contributed by atoms with Crippen molar-refractivity contribution in [3.05, 3.63) is 68.7 Å². The fraction of sp³-hybridized carbons (Fsp3) is 0.111. The first-order chi connectivity index (χ1) is 11.6. The lowest BCUT2D eigenvalue weighted by Gasteiger charge is -2.22. The Morgan fingerprint density at radius 3 is 2.67 bits per heavy atom. The Hall–Kier alpha value is -2.44. The number of hydrogen-bond acceptors (Lipinski definition) is 5. The monoisotopic (exact) mass is 354 g/mol. The van der Waals surface area contributed by atoms with Crippen molar-refractivity contribution in [1.29, 1.82) is 0 Å². The van der Waals surface area contributed by atoms with E-state index >= 15 is 0 Å². The van der Waals surface area contributed by atoms with Gasteiger partial charge in [-0.2, -0.15) is 0 Å². The smallest absolute Gasteiger partial charge is 0.225 e. The molecule has 3 aromatic rings. The molecule has 24 heavy (non-hydrogen) atoms. The molecule has 0 saturated heterocycles. The first kappa shape index (κ1) is 15.1. The Morgan fingerprint density at radius 1 is 1.17 bits per heavy atom. The van der Waals surface area contributed by atoms with Gasteiger partial charge < -0.3 is 11.1 Å². The summed E-state index contributed by atoms with van der Waals surface area (Å²) in [7, 11) is 0. The van der Waals surface area contributed by atoms with Gasteiger partial charge >= 0.3 is 0 Å². The van der Waals surface area contributed by atoms with Crippen LogP contribution in [0.15, 0.2) is 47.8 Å². The van der Waals surface area contributed by atoms with Crippen LogP contribution in [0.25, 0.3) is 0 Å². The zero-order chi connectivity index (χ0) is 16.7. The molecule has 0 spiro atoms. The van der Waals surface area contributed by atoms with E-state index in [4.69, 9.17) is 5.73 Å². The zero-order valence-corrected chi connectivity index (χ0v) is 14.2. The molecule has 1 atom stereocenters. The first-order valence-electron chi connectivity index (χ1n) is 7.50. The number of fused-ring (bicyclic) bond motifs is 1. The van der Waals surface area contributed by atoms with Crippen molar-refractivity contribution >= 4 is 45.1 Å². The van der Waals surface area contributed by atoms with Gasteiger partial charge in [-0.25, -0.2) is 0 Å². The van der Waals surface area contributed by atoms with Gasteiger partial charge in [-0.05, 0) is 11.4 Å². The number of carbonyl (C=O) groups is 2. The van der Waals surface area contributed by atoms with E-state index in [-0.39, 0.29) is 17.6 Å². The summed E-state index contributed by atoms with van der Waals surface area (Å²) in [6.07, 6.45) is 0.355. The second-order valence-electron chi connectivity index (χ2n) is 5.60. The largest absolute Gasteiger partial charge is 0.397 e. The van der Waals surface area contributed by atoms with E-state index in [0.29, 0.717) is 27.5 Å². The minimum atomic E-state index is -0.105. The molecule has 4 rings (SSSR count). The minimum absolute atomic E-state index is 0.0409. The van der Waals surface area contributed by atoms with Crippen molar-refractivity contribution in [2.24, 2.45) is 0 Å². The summed E-state index contributed by atoms with van der Waals surface area (Å²) in [5.41, 5.74) is 8.31. The summed E-state index contributed by atoms with van der Waals surface area (Å²) < 4.78 is 0. The maximum atomic E-state index is 12.8. The Labute approximate surface area is 146 Å². The standard InChI is InChI=1S/C18H14N2O2S2/c19-15-14-11(12-7-4-8-23-12)9-13(21)20-18(14)24-17(15)16(22)10-5-2-1-3-6-10/h1-8,11H,9,19H2,(H,20,21)/t11-/m1/s1. The third kappa shape index (κ3) is 2.44. The van der Waals surface area contributed by atoms with Crippen molar-refractivity contribution in [2.75, 3.05) is 11.1 Å². The number of hydrogen-bond donors (Lipinski definition) is 2. The lowest BCUT2D eigenvalue weighted by Crippen LogP contribution is -2.22. The van der Waals surface area contributed by atoms with Gasteiger partial charge in [0.1, 0.15) is 9.88 Å². The second-order valence-corrected chi connectivity index (χ2v) is 7.60. The molecular weight excluding hydrogens is 340 g/mol. The Morgan fingerprint density at radius 2 is 1.96 bits per heavy atom. The molecule has 1 aliphatic heterocycles. The van der Waals surface area contributed by atoms with Gasteiger partial charge in [0, 0.05) is 28.3 Å². The molecule has 0 radical (unpaired) electrons. The number of anilines is 2. The summed E-state index contributed by atoms with van der Waals surface area (Å²) >= 11 is 2.87. The topological polar surface area (TPSA) is 72.2 Å². The SMILES string of the molecule is Nc1c(C(=O)c2ccccc2)sc2c1[C@@H](c1cccs1)CC(=O)N2. The number of ketones is 1. The fourth-order valence-corrected chi connectivity index (χ4v) is 4.98. The highest BCUT2D eigenvalue weighted by Gasteiger charge is 2.34. The van der Waals surface area contributed by atoms with Crippen molar-refractivity contribution in [1.82, 2.24) is 0 Å². The van der Waals surface area contributed by atoms with E-state index in [2.05, 4.69) is 5.32 Å². The summed E-state index contributed by atoms with van der Waals surface area (Å²) in [5.74, 6) is -0.227. The van der Waals surface area contributed by atoms with E-state index in [1.165, 1.54) is 11.3 Å². The maximum Gasteiger partial charge on any atom is 0.225 e. The van der Waals surface area contributed by atoms with E-state index < -0.39 is 0 Å². The molecule has 0 saturated carbocycles. The van der Waals surface area contributed by atoms with Crippen LogP contribution in [0.5, 0.6) is 0 Å². The Bertz CT molecular complexity index is 914. The number of benzene rings is 1. The number of rotatable bonds is 3. The quantitative estimate of drug-likeness (QED) is 0.696. The van der Waals surface area contributed by atoms with Crippen LogP contribution >= 0.6 is 22.7 Å². The van der Waals surface area contributed by atoms with Gasteiger partial charge in [-0.3, -0.25) is 9.59 Å². The highest BCUT2D eigenvalue weighted by Crippen LogP contribution is 2.48. The number of nitrogens with two attached hydrogens (primary N) is 1. The first-order valence-corrected chi connectivity index (χ1v) is 9.20. The van der Waals surface area contributed by atoms with Crippen LogP contribution in [-0.2, 0) is 4.79 Å². The van der Waals surface area contributed by atoms with Crippen molar-refractivity contribution in [3.8, 4) is 0 Å². The van der Waals surface area contributed by atoms with Crippen LogP contribution in [0.1, 0.15) is 38.0 Å². The number of amides is 1. The van der Waals surface area contributed by atoms with Gasteiger partial charge in [-0.1, -0.05) is 36.4 Å². The van der Waals surface area contributed by atoms with Crippen molar-refractivity contribution < 1.29 is 9.59 Å². The third-order valence-corrected chi connectivity index (χ3v) is 6.22. The molecule has 0 fully saturated rings. The van der Waals surface area contributed by atoms with E-state index in [1.807, 2.05) is 35.7 Å². The fourth-order valence-electron chi connectivity index (χ4n) is 2.98. The molecule has 0 unspecified atom stereocenters. The molecule has 0 bridgehead atoms. The van der Waals surface area contributed by atoms with Gasteiger partial charge in [-0.15, -0.1) is 22.7 Å². The highest BCUT2D eigenvalue weighted by atomic mass is 32.1. The van der Waals surface area contributed by atoms with E-state index in [9.17, 15) is 9.59 Å². The molecular formula is C18H14N2O2S2.